The lowest BCUT2D eigenvalue weighted by Crippen LogP contribution is -2.31. The maximum absolute atomic E-state index is 12.2. The Morgan fingerprint density at radius 1 is 1.05 bits per heavy atom. The molecular weight excluding hydrogens is 236 g/mol. The minimum absolute atomic E-state index is 0.421. The average Bonchev–Trinajstić information content (AvgIpc) is 3.00. The molecule has 3 rings (SSSR count). The fraction of sp³-hybridized carbons (Fsp3) is 0.938. The summed E-state index contributed by atoms with van der Waals surface area (Å²) in [5, 5.41) is 3.43. The molecular formula is C16H28N2O. The van der Waals surface area contributed by atoms with E-state index in [9.17, 15) is 4.79 Å². The van der Waals surface area contributed by atoms with E-state index in [1.165, 1.54) is 38.5 Å². The third-order valence-corrected chi connectivity index (χ3v) is 5.47. The summed E-state index contributed by atoms with van der Waals surface area (Å²) < 4.78 is 0. The Hall–Kier alpha value is -0.570. The van der Waals surface area contributed by atoms with Gasteiger partial charge in [-0.25, -0.2) is 0 Å². The third kappa shape index (κ3) is 3.31. The number of hydrogen-bond acceptors (Lipinski definition) is 2. The smallest absolute Gasteiger partial charge is 0.222 e. The molecule has 2 heterocycles. The molecule has 0 bridgehead atoms. The van der Waals surface area contributed by atoms with Gasteiger partial charge >= 0.3 is 0 Å². The van der Waals surface area contributed by atoms with Crippen LogP contribution in [0.1, 0.15) is 51.4 Å². The van der Waals surface area contributed by atoms with Crippen LogP contribution in [-0.4, -0.2) is 37.0 Å². The van der Waals surface area contributed by atoms with E-state index < -0.39 is 0 Å². The Kier molecular flexibility index (Phi) is 4.42. The van der Waals surface area contributed by atoms with E-state index in [-0.39, 0.29) is 0 Å². The van der Waals surface area contributed by atoms with Crippen LogP contribution in [-0.2, 0) is 4.79 Å². The zero-order valence-corrected chi connectivity index (χ0v) is 12.1. The minimum Gasteiger partial charge on any atom is -0.342 e. The van der Waals surface area contributed by atoms with Crippen molar-refractivity contribution in [3.8, 4) is 0 Å². The van der Waals surface area contributed by atoms with E-state index in [0.717, 1.165) is 56.8 Å². The zero-order chi connectivity index (χ0) is 13.1. The topological polar surface area (TPSA) is 32.3 Å². The van der Waals surface area contributed by atoms with Gasteiger partial charge in [-0.05, 0) is 30.6 Å². The van der Waals surface area contributed by atoms with Crippen LogP contribution in [0.3, 0.4) is 0 Å². The summed E-state index contributed by atoms with van der Waals surface area (Å²) in [5.41, 5.74) is 0. The van der Waals surface area contributed by atoms with E-state index in [1.807, 2.05) is 0 Å². The first-order valence-corrected chi connectivity index (χ1v) is 8.31. The van der Waals surface area contributed by atoms with Crippen LogP contribution in [0.5, 0.6) is 0 Å². The van der Waals surface area contributed by atoms with Gasteiger partial charge in [0, 0.05) is 32.6 Å². The molecule has 1 saturated carbocycles. The van der Waals surface area contributed by atoms with Crippen LogP contribution in [0, 0.1) is 17.8 Å². The largest absolute Gasteiger partial charge is 0.342 e. The van der Waals surface area contributed by atoms with Gasteiger partial charge in [0.25, 0.3) is 0 Å². The van der Waals surface area contributed by atoms with Crippen molar-refractivity contribution in [2.75, 3.05) is 26.2 Å². The molecule has 19 heavy (non-hydrogen) atoms. The highest BCUT2D eigenvalue weighted by molar-refractivity contribution is 5.76. The quantitative estimate of drug-likeness (QED) is 0.846. The Labute approximate surface area is 117 Å². The second kappa shape index (κ2) is 6.25. The lowest BCUT2D eigenvalue weighted by Gasteiger charge is -2.22. The molecule has 0 aromatic heterocycles. The molecule has 0 spiro atoms. The van der Waals surface area contributed by atoms with Gasteiger partial charge in [0.2, 0.25) is 5.91 Å². The first-order chi connectivity index (χ1) is 9.33. The Bertz CT molecular complexity index is 300. The first kappa shape index (κ1) is 13.4. The summed E-state index contributed by atoms with van der Waals surface area (Å²) in [5.74, 6) is 2.82. The summed E-state index contributed by atoms with van der Waals surface area (Å²) in [4.78, 5) is 14.4. The minimum atomic E-state index is 0.421. The molecule has 3 aliphatic rings. The van der Waals surface area contributed by atoms with Gasteiger partial charge in [-0.15, -0.1) is 0 Å². The van der Waals surface area contributed by atoms with Crippen LogP contribution in [0.15, 0.2) is 0 Å². The second-order valence-electron chi connectivity index (χ2n) is 6.87. The van der Waals surface area contributed by atoms with Crippen LogP contribution in [0.2, 0.25) is 0 Å². The van der Waals surface area contributed by atoms with Gasteiger partial charge in [-0.1, -0.05) is 32.1 Å². The number of likely N-dealkylation sites (tertiary alicyclic amines) is 1. The van der Waals surface area contributed by atoms with E-state index in [1.54, 1.807) is 0 Å². The number of hydrogen-bond donors (Lipinski definition) is 1. The molecule has 3 nitrogen and oxygen atoms in total. The molecule has 1 N–H and O–H groups in total. The van der Waals surface area contributed by atoms with Crippen LogP contribution in [0.4, 0.5) is 0 Å². The van der Waals surface area contributed by atoms with Crippen molar-refractivity contribution < 1.29 is 4.79 Å². The number of carbonyl (C=O) groups is 1. The SMILES string of the molecule is O=C(CCCC1CCCCC1)N1C[C@H]2CNC[C@H]2C1. The molecule has 2 atom stereocenters. The monoisotopic (exact) mass is 264 g/mol. The van der Waals surface area contributed by atoms with Gasteiger partial charge in [0.15, 0.2) is 0 Å². The molecule has 2 saturated heterocycles. The van der Waals surface area contributed by atoms with Crippen LogP contribution >= 0.6 is 0 Å². The van der Waals surface area contributed by atoms with E-state index >= 15 is 0 Å². The number of nitrogens with zero attached hydrogens (tertiary/aromatic N) is 1. The third-order valence-electron chi connectivity index (χ3n) is 5.47. The van der Waals surface area contributed by atoms with Crippen molar-refractivity contribution in [2.24, 2.45) is 17.8 Å². The second-order valence-corrected chi connectivity index (χ2v) is 6.87. The number of fused-ring (bicyclic) bond motifs is 1. The highest BCUT2D eigenvalue weighted by atomic mass is 16.2. The zero-order valence-electron chi connectivity index (χ0n) is 12.1. The van der Waals surface area contributed by atoms with Gasteiger partial charge < -0.3 is 10.2 Å². The molecule has 3 heteroatoms. The van der Waals surface area contributed by atoms with Crippen molar-refractivity contribution in [3.05, 3.63) is 0 Å². The van der Waals surface area contributed by atoms with Crippen LogP contribution < -0.4 is 5.32 Å². The number of carbonyl (C=O) groups excluding carboxylic acids is 1. The molecule has 0 radical (unpaired) electrons. The van der Waals surface area contributed by atoms with E-state index in [0.29, 0.717) is 5.91 Å². The number of amides is 1. The fourth-order valence-corrected chi connectivity index (χ4v) is 4.23. The lowest BCUT2D eigenvalue weighted by atomic mass is 9.86. The molecule has 0 aromatic carbocycles. The van der Waals surface area contributed by atoms with Gasteiger partial charge in [-0.3, -0.25) is 4.79 Å². The predicted molar refractivity (Wildman–Crippen MR) is 76.9 cm³/mol. The molecule has 0 unspecified atom stereocenters. The standard InChI is InChI=1S/C16H28N2O/c19-16(8-4-7-13-5-2-1-3-6-13)18-11-14-9-17-10-15(14)12-18/h13-15,17H,1-12H2/t14-,15+. The van der Waals surface area contributed by atoms with Crippen molar-refractivity contribution in [1.29, 1.82) is 0 Å². The maximum Gasteiger partial charge on any atom is 0.222 e. The summed E-state index contributed by atoms with van der Waals surface area (Å²) in [6, 6.07) is 0. The summed E-state index contributed by atoms with van der Waals surface area (Å²) in [6.07, 6.45) is 10.3. The van der Waals surface area contributed by atoms with Crippen molar-refractivity contribution in [1.82, 2.24) is 10.2 Å². The number of nitrogens with one attached hydrogen (secondary N) is 1. The fourth-order valence-electron chi connectivity index (χ4n) is 4.23. The van der Waals surface area contributed by atoms with Crippen molar-refractivity contribution >= 4 is 5.91 Å². The average molecular weight is 264 g/mol. The summed E-state index contributed by atoms with van der Waals surface area (Å²) in [6.45, 7) is 4.27. The highest BCUT2D eigenvalue weighted by Crippen LogP contribution is 2.29. The predicted octanol–water partition coefficient (Wildman–Crippen LogP) is 2.41. The molecule has 1 aliphatic carbocycles. The normalized spacial score (nSPS) is 31.7. The molecule has 3 fully saturated rings. The Morgan fingerprint density at radius 2 is 1.74 bits per heavy atom. The lowest BCUT2D eigenvalue weighted by molar-refractivity contribution is -0.130. The molecule has 2 aliphatic heterocycles. The molecule has 0 aromatic rings. The first-order valence-electron chi connectivity index (χ1n) is 8.31. The van der Waals surface area contributed by atoms with Crippen molar-refractivity contribution in [2.45, 2.75) is 51.4 Å². The van der Waals surface area contributed by atoms with Gasteiger partial charge in [0.1, 0.15) is 0 Å². The summed E-state index contributed by atoms with van der Waals surface area (Å²) in [7, 11) is 0. The molecule has 108 valence electrons. The van der Waals surface area contributed by atoms with Crippen molar-refractivity contribution in [3.63, 3.8) is 0 Å². The van der Waals surface area contributed by atoms with Gasteiger partial charge in [0.05, 0.1) is 0 Å². The van der Waals surface area contributed by atoms with E-state index in [4.69, 9.17) is 0 Å². The molecule has 1 amide bonds. The Morgan fingerprint density at radius 3 is 2.42 bits per heavy atom. The summed E-state index contributed by atoms with van der Waals surface area (Å²) >= 11 is 0. The highest BCUT2D eigenvalue weighted by Gasteiger charge is 2.37. The van der Waals surface area contributed by atoms with E-state index in [2.05, 4.69) is 10.2 Å². The van der Waals surface area contributed by atoms with Crippen LogP contribution in [0.25, 0.3) is 0 Å². The number of rotatable bonds is 4. The Balaban J connectivity index is 1.35. The van der Waals surface area contributed by atoms with Gasteiger partial charge in [-0.2, -0.15) is 0 Å². The maximum atomic E-state index is 12.2.